The third-order valence-electron chi connectivity index (χ3n) is 8.74. The lowest BCUT2D eigenvalue weighted by atomic mass is 9.82. The van der Waals surface area contributed by atoms with E-state index in [0.717, 1.165) is 32.1 Å². The molecule has 11 nitrogen and oxygen atoms in total. The Morgan fingerprint density at radius 1 is 1.17 bits per heavy atom. The number of alkyl carbamates (subject to hydrolysis) is 1. The number of carbonyl (C=O) groups is 4. The summed E-state index contributed by atoms with van der Waals surface area (Å²) in [6.07, 6.45) is 8.23. The molecule has 3 N–H and O–H groups in total. The van der Waals surface area contributed by atoms with Crippen molar-refractivity contribution >= 4 is 45.8 Å². The lowest BCUT2D eigenvalue weighted by Crippen LogP contribution is -2.51. The van der Waals surface area contributed by atoms with Crippen molar-refractivity contribution < 1.29 is 32.3 Å². The number of benzene rings is 1. The minimum atomic E-state index is -3.30. The Hall–Kier alpha value is -2.70. The molecule has 0 bridgehead atoms. The number of ether oxygens (including phenoxy) is 1. The van der Waals surface area contributed by atoms with Crippen molar-refractivity contribution in [3.8, 4) is 0 Å². The van der Waals surface area contributed by atoms with Crippen molar-refractivity contribution in [2.75, 3.05) is 19.3 Å². The average molecular weight is 625 g/mol. The molecule has 3 aliphatic rings. The molecular weight excluding hydrogens is 584 g/mol. The van der Waals surface area contributed by atoms with E-state index < -0.39 is 45.6 Å². The predicted molar refractivity (Wildman–Crippen MR) is 157 cm³/mol. The fourth-order valence-electron chi connectivity index (χ4n) is 6.43. The molecule has 3 amide bonds. The van der Waals surface area contributed by atoms with Gasteiger partial charge in [0.2, 0.25) is 21.8 Å². The summed E-state index contributed by atoms with van der Waals surface area (Å²) in [6, 6.07) is 5.12. The van der Waals surface area contributed by atoms with Gasteiger partial charge in [-0.15, -0.1) is 0 Å². The highest BCUT2D eigenvalue weighted by Crippen LogP contribution is 2.37. The molecule has 1 spiro atoms. The van der Waals surface area contributed by atoms with Gasteiger partial charge in [0.25, 0.3) is 0 Å². The summed E-state index contributed by atoms with van der Waals surface area (Å²) in [6.45, 7) is 0.630. The van der Waals surface area contributed by atoms with Gasteiger partial charge in [-0.1, -0.05) is 55.8 Å². The normalized spacial score (nSPS) is 22.6. The molecule has 1 aliphatic carbocycles. The molecular formula is C29H41ClN4O7S. The highest BCUT2D eigenvalue weighted by atomic mass is 35.5. The van der Waals surface area contributed by atoms with E-state index in [1.54, 1.807) is 24.3 Å². The molecule has 1 aromatic carbocycles. The zero-order chi connectivity index (χ0) is 30.3. The summed E-state index contributed by atoms with van der Waals surface area (Å²) in [5.41, 5.74) is 0.194. The van der Waals surface area contributed by atoms with Crippen LogP contribution in [0, 0.1) is 11.8 Å². The molecule has 1 aromatic rings. The van der Waals surface area contributed by atoms with E-state index >= 15 is 0 Å². The third-order valence-corrected chi connectivity index (χ3v) is 10.3. The predicted octanol–water partition coefficient (Wildman–Crippen LogP) is 2.91. The van der Waals surface area contributed by atoms with Gasteiger partial charge in [-0.05, 0) is 55.7 Å². The molecule has 1 unspecified atom stereocenters. The van der Waals surface area contributed by atoms with Gasteiger partial charge in [-0.2, -0.15) is 0 Å². The number of nitrogens with one attached hydrogen (secondary N) is 3. The molecule has 4 rings (SSSR count). The summed E-state index contributed by atoms with van der Waals surface area (Å²) in [7, 11) is -3.30. The maximum Gasteiger partial charge on any atom is 0.408 e. The summed E-state index contributed by atoms with van der Waals surface area (Å²) >= 11 is 6.00. The highest BCUT2D eigenvalue weighted by molar-refractivity contribution is 7.88. The Kier molecular flexibility index (Phi) is 10.9. The van der Waals surface area contributed by atoms with Crippen LogP contribution in [0.25, 0.3) is 0 Å². The fourth-order valence-corrected chi connectivity index (χ4v) is 7.49. The number of halogens is 1. The smallest absolute Gasteiger partial charge is 0.408 e. The molecule has 2 saturated heterocycles. The summed E-state index contributed by atoms with van der Waals surface area (Å²) in [4.78, 5) is 51.0. The Morgan fingerprint density at radius 3 is 2.52 bits per heavy atom. The average Bonchev–Trinajstić information content (AvgIpc) is 3.24. The number of carbonyl (C=O) groups excluding carboxylic acids is 4. The van der Waals surface area contributed by atoms with E-state index in [-0.39, 0.29) is 24.9 Å². The molecule has 3 atom stereocenters. The molecule has 232 valence electrons. The van der Waals surface area contributed by atoms with Crippen molar-refractivity contribution in [2.45, 2.75) is 88.4 Å². The number of hydrogen-bond acceptors (Lipinski definition) is 7. The number of nitrogens with zero attached hydrogens (tertiary/aromatic N) is 1. The van der Waals surface area contributed by atoms with E-state index in [9.17, 15) is 27.6 Å². The highest BCUT2D eigenvalue weighted by Gasteiger charge is 2.47. The minimum absolute atomic E-state index is 0.0123. The second-order valence-electron chi connectivity index (χ2n) is 12.0. The maximum absolute atomic E-state index is 13.4. The molecule has 42 heavy (non-hydrogen) atoms. The van der Waals surface area contributed by atoms with Crippen LogP contribution in [0.4, 0.5) is 4.79 Å². The Labute approximate surface area is 252 Å². The first-order valence-corrected chi connectivity index (χ1v) is 16.9. The first kappa shape index (κ1) is 32.2. The minimum Gasteiger partial charge on any atom is -0.445 e. The number of amides is 3. The van der Waals surface area contributed by atoms with Gasteiger partial charge in [-0.25, -0.2) is 17.5 Å². The van der Waals surface area contributed by atoms with Crippen LogP contribution in [0.1, 0.15) is 69.8 Å². The van der Waals surface area contributed by atoms with E-state index in [0.29, 0.717) is 55.6 Å². The van der Waals surface area contributed by atoms with Crippen molar-refractivity contribution in [3.63, 3.8) is 0 Å². The van der Waals surface area contributed by atoms with Crippen LogP contribution in [-0.2, 0) is 35.8 Å². The standard InChI is InChI=1S/C29H41ClN4O7S/c1-42(39,40)34-12-10-29(11-13-34)17-22(26(36)33-29)16-24(18-35)31-27(37)25(15-20-6-3-2-4-7-20)32-28(38)41-19-21-8-5-9-23(30)14-21/h5,8-9,14,18,20,22,24-25H,2-4,6-7,10-13,15-17,19H2,1H3,(H,31,37)(H,32,38)(H,33,36)/t22?,24-,25-/m0/s1. The lowest BCUT2D eigenvalue weighted by molar-refractivity contribution is -0.127. The van der Waals surface area contributed by atoms with Crippen LogP contribution in [0.15, 0.2) is 24.3 Å². The zero-order valence-corrected chi connectivity index (χ0v) is 25.6. The monoisotopic (exact) mass is 624 g/mol. The quantitative estimate of drug-likeness (QED) is 0.320. The summed E-state index contributed by atoms with van der Waals surface area (Å²) < 4.78 is 30.5. The number of aldehydes is 1. The van der Waals surface area contributed by atoms with E-state index in [1.165, 1.54) is 10.6 Å². The molecule has 0 aromatic heterocycles. The van der Waals surface area contributed by atoms with Crippen molar-refractivity contribution in [1.29, 1.82) is 0 Å². The van der Waals surface area contributed by atoms with Crippen LogP contribution >= 0.6 is 11.6 Å². The van der Waals surface area contributed by atoms with E-state index in [1.807, 2.05) is 0 Å². The fraction of sp³-hybridized carbons (Fsp3) is 0.655. The van der Waals surface area contributed by atoms with Crippen LogP contribution in [0.5, 0.6) is 0 Å². The first-order chi connectivity index (χ1) is 20.0. The van der Waals surface area contributed by atoms with Crippen molar-refractivity contribution in [3.05, 3.63) is 34.9 Å². The van der Waals surface area contributed by atoms with Crippen LogP contribution in [0.2, 0.25) is 5.02 Å². The molecule has 1 saturated carbocycles. The van der Waals surface area contributed by atoms with E-state index in [4.69, 9.17) is 16.3 Å². The van der Waals surface area contributed by atoms with Crippen LogP contribution < -0.4 is 16.0 Å². The van der Waals surface area contributed by atoms with Gasteiger partial charge in [0.1, 0.15) is 18.9 Å². The Morgan fingerprint density at radius 2 is 1.88 bits per heavy atom. The van der Waals surface area contributed by atoms with Gasteiger partial charge < -0.3 is 25.5 Å². The van der Waals surface area contributed by atoms with Gasteiger partial charge in [-0.3, -0.25) is 9.59 Å². The lowest BCUT2D eigenvalue weighted by Gasteiger charge is -2.38. The van der Waals surface area contributed by atoms with Gasteiger partial charge >= 0.3 is 6.09 Å². The number of piperidine rings is 1. The van der Waals surface area contributed by atoms with Crippen LogP contribution in [0.3, 0.4) is 0 Å². The molecule has 2 aliphatic heterocycles. The third kappa shape index (κ3) is 8.90. The van der Waals surface area contributed by atoms with Gasteiger partial charge in [0.15, 0.2) is 0 Å². The van der Waals surface area contributed by atoms with Gasteiger partial charge in [0, 0.05) is 29.6 Å². The SMILES string of the molecule is CS(=O)(=O)N1CCC2(CC1)CC(C[C@@H](C=O)NC(=O)[C@H](CC1CCCCC1)NC(=O)OCc1cccc(Cl)c1)C(=O)N2. The zero-order valence-electron chi connectivity index (χ0n) is 24.0. The van der Waals surface area contributed by atoms with Crippen molar-refractivity contribution in [2.24, 2.45) is 11.8 Å². The first-order valence-electron chi connectivity index (χ1n) is 14.7. The Balaban J connectivity index is 1.34. The summed E-state index contributed by atoms with van der Waals surface area (Å²) in [5, 5.41) is 8.99. The molecule has 13 heteroatoms. The molecule has 3 fully saturated rings. The summed E-state index contributed by atoms with van der Waals surface area (Å²) in [5.74, 6) is -0.939. The number of sulfonamides is 1. The second kappa shape index (κ2) is 14.2. The topological polar surface area (TPSA) is 151 Å². The Bertz CT molecular complexity index is 1250. The van der Waals surface area contributed by atoms with E-state index in [2.05, 4.69) is 16.0 Å². The second-order valence-corrected chi connectivity index (χ2v) is 14.4. The largest absolute Gasteiger partial charge is 0.445 e. The number of hydrogen-bond donors (Lipinski definition) is 3. The van der Waals surface area contributed by atoms with Gasteiger partial charge in [0.05, 0.1) is 12.3 Å². The number of rotatable bonds is 11. The van der Waals surface area contributed by atoms with Crippen molar-refractivity contribution in [1.82, 2.24) is 20.3 Å². The molecule has 0 radical (unpaired) electrons. The molecule has 2 heterocycles. The maximum atomic E-state index is 13.4. The van der Waals surface area contributed by atoms with Crippen LogP contribution in [-0.4, -0.2) is 73.9 Å².